The Labute approximate surface area is 148 Å². The van der Waals surface area contributed by atoms with Crippen LogP contribution in [0.4, 0.5) is 5.69 Å². The molecule has 6 heteroatoms. The van der Waals surface area contributed by atoms with Gasteiger partial charge in [-0.2, -0.15) is 0 Å². The SMILES string of the molecule is O=C(Nc1ccc(-n2cc[nH]c2=O)cc1)c1occc1-c1ccccc1. The molecule has 0 aliphatic heterocycles. The summed E-state index contributed by atoms with van der Waals surface area (Å²) in [5, 5.41) is 2.81. The molecule has 0 spiro atoms. The molecule has 6 nitrogen and oxygen atoms in total. The number of aromatic nitrogens is 2. The lowest BCUT2D eigenvalue weighted by atomic mass is 10.1. The summed E-state index contributed by atoms with van der Waals surface area (Å²) in [7, 11) is 0. The van der Waals surface area contributed by atoms with E-state index in [1.54, 1.807) is 42.7 Å². The summed E-state index contributed by atoms with van der Waals surface area (Å²) in [4.78, 5) is 26.8. The van der Waals surface area contributed by atoms with Gasteiger partial charge in [-0.3, -0.25) is 9.36 Å². The first-order chi connectivity index (χ1) is 12.7. The number of carbonyl (C=O) groups excluding carboxylic acids is 1. The van der Waals surface area contributed by atoms with Gasteiger partial charge in [0.2, 0.25) is 0 Å². The molecule has 2 aromatic heterocycles. The zero-order chi connectivity index (χ0) is 17.9. The summed E-state index contributed by atoms with van der Waals surface area (Å²) in [5.41, 5.74) is 2.74. The van der Waals surface area contributed by atoms with Gasteiger partial charge in [0.15, 0.2) is 5.76 Å². The molecular weight excluding hydrogens is 330 g/mol. The molecule has 0 fully saturated rings. The van der Waals surface area contributed by atoms with Gasteiger partial charge in [-0.25, -0.2) is 4.79 Å². The van der Waals surface area contributed by atoms with Crippen LogP contribution in [0.2, 0.25) is 0 Å². The summed E-state index contributed by atoms with van der Waals surface area (Å²) in [6.07, 6.45) is 4.71. The Balaban J connectivity index is 1.55. The number of nitrogens with zero attached hydrogens (tertiary/aromatic N) is 1. The number of imidazole rings is 1. The second-order valence-corrected chi connectivity index (χ2v) is 5.67. The standard InChI is InChI=1S/C20H15N3O3/c24-19(18-17(10-13-26-18)14-4-2-1-3-5-14)22-15-6-8-16(9-7-15)23-12-11-21-20(23)25/h1-13H,(H,21,25)(H,22,24). The van der Waals surface area contributed by atoms with Crippen LogP contribution >= 0.6 is 0 Å². The smallest absolute Gasteiger partial charge is 0.330 e. The maximum atomic E-state index is 12.6. The fourth-order valence-corrected chi connectivity index (χ4v) is 2.75. The molecule has 0 radical (unpaired) electrons. The van der Waals surface area contributed by atoms with Gasteiger partial charge < -0.3 is 14.7 Å². The lowest BCUT2D eigenvalue weighted by molar-refractivity contribution is 0.0997. The van der Waals surface area contributed by atoms with Crippen molar-refractivity contribution >= 4 is 11.6 Å². The fourth-order valence-electron chi connectivity index (χ4n) is 2.75. The summed E-state index contributed by atoms with van der Waals surface area (Å²) in [5.74, 6) is -0.0810. The third-order valence-electron chi connectivity index (χ3n) is 4.01. The quantitative estimate of drug-likeness (QED) is 0.592. The van der Waals surface area contributed by atoms with Crippen molar-refractivity contribution in [3.05, 3.63) is 95.6 Å². The van der Waals surface area contributed by atoms with Gasteiger partial charge in [-0.05, 0) is 35.9 Å². The lowest BCUT2D eigenvalue weighted by Crippen LogP contribution is -2.14. The molecule has 128 valence electrons. The van der Waals surface area contributed by atoms with E-state index in [2.05, 4.69) is 10.3 Å². The average Bonchev–Trinajstić information content (AvgIpc) is 3.32. The average molecular weight is 345 g/mol. The van der Waals surface area contributed by atoms with E-state index in [9.17, 15) is 9.59 Å². The van der Waals surface area contributed by atoms with Gasteiger partial charge in [0, 0.05) is 23.6 Å². The van der Waals surface area contributed by atoms with E-state index in [0.717, 1.165) is 11.1 Å². The highest BCUT2D eigenvalue weighted by Crippen LogP contribution is 2.25. The van der Waals surface area contributed by atoms with E-state index in [-0.39, 0.29) is 17.4 Å². The van der Waals surface area contributed by atoms with E-state index in [0.29, 0.717) is 11.4 Å². The number of furan rings is 1. The van der Waals surface area contributed by atoms with Crippen molar-refractivity contribution in [3.8, 4) is 16.8 Å². The highest BCUT2D eigenvalue weighted by Gasteiger charge is 2.16. The first kappa shape index (κ1) is 15.7. The molecule has 0 aliphatic rings. The summed E-state index contributed by atoms with van der Waals surface area (Å²) in [6, 6.07) is 18.3. The Kier molecular flexibility index (Phi) is 3.99. The summed E-state index contributed by atoms with van der Waals surface area (Å²) in [6.45, 7) is 0. The highest BCUT2D eigenvalue weighted by molar-refractivity contribution is 6.06. The van der Waals surface area contributed by atoms with Crippen molar-refractivity contribution in [2.45, 2.75) is 0 Å². The van der Waals surface area contributed by atoms with Crippen molar-refractivity contribution in [2.75, 3.05) is 5.32 Å². The van der Waals surface area contributed by atoms with Crippen LogP contribution in [0.1, 0.15) is 10.6 Å². The first-order valence-corrected chi connectivity index (χ1v) is 8.03. The van der Waals surface area contributed by atoms with E-state index in [1.165, 1.54) is 10.8 Å². The molecule has 0 saturated carbocycles. The molecule has 2 aromatic carbocycles. The van der Waals surface area contributed by atoms with Crippen LogP contribution in [0.25, 0.3) is 16.8 Å². The van der Waals surface area contributed by atoms with Gasteiger partial charge in [0.1, 0.15) is 0 Å². The largest absolute Gasteiger partial charge is 0.459 e. The first-order valence-electron chi connectivity index (χ1n) is 8.03. The van der Waals surface area contributed by atoms with Crippen LogP contribution in [-0.4, -0.2) is 15.5 Å². The fraction of sp³-hybridized carbons (Fsp3) is 0. The molecule has 4 rings (SSSR count). The van der Waals surface area contributed by atoms with E-state index in [1.807, 2.05) is 30.3 Å². The van der Waals surface area contributed by atoms with Crippen LogP contribution < -0.4 is 11.0 Å². The van der Waals surface area contributed by atoms with E-state index >= 15 is 0 Å². The number of carbonyl (C=O) groups is 1. The number of aromatic amines is 1. The number of hydrogen-bond donors (Lipinski definition) is 2. The van der Waals surface area contributed by atoms with Crippen LogP contribution in [0.5, 0.6) is 0 Å². The molecule has 1 amide bonds. The van der Waals surface area contributed by atoms with Crippen LogP contribution in [0.15, 0.2) is 88.5 Å². The number of rotatable bonds is 4. The highest BCUT2D eigenvalue weighted by atomic mass is 16.3. The predicted octanol–water partition coefficient (Wildman–Crippen LogP) is 3.68. The van der Waals surface area contributed by atoms with Crippen LogP contribution in [0.3, 0.4) is 0 Å². The monoisotopic (exact) mass is 345 g/mol. The summed E-state index contributed by atoms with van der Waals surface area (Å²) >= 11 is 0. The predicted molar refractivity (Wildman–Crippen MR) is 98.5 cm³/mol. The topological polar surface area (TPSA) is 80.0 Å². The van der Waals surface area contributed by atoms with Gasteiger partial charge in [-0.15, -0.1) is 0 Å². The van der Waals surface area contributed by atoms with Crippen molar-refractivity contribution in [2.24, 2.45) is 0 Å². The zero-order valence-electron chi connectivity index (χ0n) is 13.7. The maximum Gasteiger partial charge on any atom is 0.330 e. The molecule has 0 atom stereocenters. The van der Waals surface area contributed by atoms with Gasteiger partial charge in [0.25, 0.3) is 5.91 Å². The number of anilines is 1. The summed E-state index contributed by atoms with van der Waals surface area (Å²) < 4.78 is 6.87. The molecule has 2 N–H and O–H groups in total. The number of nitrogens with one attached hydrogen (secondary N) is 2. The maximum absolute atomic E-state index is 12.6. The molecule has 0 bridgehead atoms. The Morgan fingerprint density at radius 2 is 1.77 bits per heavy atom. The van der Waals surface area contributed by atoms with Crippen LogP contribution in [-0.2, 0) is 0 Å². The van der Waals surface area contributed by atoms with Crippen molar-refractivity contribution < 1.29 is 9.21 Å². The van der Waals surface area contributed by atoms with Crippen molar-refractivity contribution in [1.82, 2.24) is 9.55 Å². The minimum absolute atomic E-state index is 0.218. The molecule has 0 saturated heterocycles. The molecule has 4 aromatic rings. The second-order valence-electron chi connectivity index (χ2n) is 5.67. The third-order valence-corrected chi connectivity index (χ3v) is 4.01. The Morgan fingerprint density at radius 1 is 1.00 bits per heavy atom. The van der Waals surface area contributed by atoms with Crippen molar-refractivity contribution in [3.63, 3.8) is 0 Å². The molecule has 26 heavy (non-hydrogen) atoms. The third kappa shape index (κ3) is 2.95. The van der Waals surface area contributed by atoms with E-state index < -0.39 is 0 Å². The normalized spacial score (nSPS) is 10.6. The van der Waals surface area contributed by atoms with Crippen LogP contribution in [0, 0.1) is 0 Å². The van der Waals surface area contributed by atoms with Gasteiger partial charge in [-0.1, -0.05) is 30.3 Å². The molecule has 0 aliphatic carbocycles. The number of hydrogen-bond acceptors (Lipinski definition) is 3. The van der Waals surface area contributed by atoms with E-state index in [4.69, 9.17) is 4.42 Å². The number of H-pyrrole nitrogens is 1. The lowest BCUT2D eigenvalue weighted by Gasteiger charge is -2.07. The molecule has 0 unspecified atom stereocenters. The Bertz CT molecular complexity index is 1090. The number of benzene rings is 2. The minimum atomic E-state index is -0.333. The second kappa shape index (κ2) is 6.60. The number of amides is 1. The minimum Gasteiger partial charge on any atom is -0.459 e. The Hall–Kier alpha value is -3.80. The van der Waals surface area contributed by atoms with Gasteiger partial charge >= 0.3 is 5.69 Å². The van der Waals surface area contributed by atoms with Crippen molar-refractivity contribution in [1.29, 1.82) is 0 Å². The molecular formula is C20H15N3O3. The zero-order valence-corrected chi connectivity index (χ0v) is 13.7. The molecule has 2 heterocycles. The Morgan fingerprint density at radius 3 is 2.46 bits per heavy atom. The van der Waals surface area contributed by atoms with Gasteiger partial charge in [0.05, 0.1) is 12.0 Å².